The van der Waals surface area contributed by atoms with Crippen molar-refractivity contribution in [2.75, 3.05) is 12.4 Å². The van der Waals surface area contributed by atoms with Gasteiger partial charge in [-0.25, -0.2) is 0 Å². The first-order chi connectivity index (χ1) is 9.22. The first-order valence-corrected chi connectivity index (χ1v) is 8.37. The van der Waals surface area contributed by atoms with E-state index < -0.39 is 11.9 Å². The summed E-state index contributed by atoms with van der Waals surface area (Å²) in [5, 5.41) is 16.3. The van der Waals surface area contributed by atoms with Crippen LogP contribution in [0, 0.1) is 10.7 Å². The summed E-state index contributed by atoms with van der Waals surface area (Å²) in [4.78, 5) is 34.5. The molecule has 6 nitrogen and oxygen atoms in total. The van der Waals surface area contributed by atoms with E-state index in [-0.39, 0.29) is 50.2 Å². The molecule has 0 aliphatic heterocycles. The second-order valence-corrected chi connectivity index (χ2v) is 6.85. The maximum atomic E-state index is 11.9. The zero-order valence-electron chi connectivity index (χ0n) is 11.3. The van der Waals surface area contributed by atoms with Crippen molar-refractivity contribution in [3.8, 4) is 0 Å². The number of amides is 2. The Morgan fingerprint density at radius 3 is 1.86 bits per heavy atom. The molecule has 0 fully saturated rings. The van der Waals surface area contributed by atoms with E-state index in [1.807, 2.05) is 45.2 Å². The van der Waals surface area contributed by atoms with Crippen LogP contribution in [0.25, 0.3) is 0 Å². The largest absolute Gasteiger partial charge is 1.00 e. The Labute approximate surface area is 184 Å². The van der Waals surface area contributed by atoms with E-state index in [0.29, 0.717) is 12.8 Å². The molecule has 0 spiro atoms. The summed E-state index contributed by atoms with van der Waals surface area (Å²) in [6.07, 6.45) is 0. The first kappa shape index (κ1) is 21.8. The molecule has 108 valence electrons. The normalized spacial score (nSPS) is 9.57. The van der Waals surface area contributed by atoms with Crippen molar-refractivity contribution in [3.05, 3.63) is 21.8 Å². The van der Waals surface area contributed by atoms with Crippen LogP contribution >= 0.6 is 67.8 Å². The first-order valence-electron chi connectivity index (χ1n) is 5.13. The fourth-order valence-electron chi connectivity index (χ4n) is 1.45. The molecule has 0 aromatic heterocycles. The molecule has 10 heteroatoms. The number of halogens is 3. The quantitative estimate of drug-likeness (QED) is 0.304. The Balaban J connectivity index is 0.00000400. The number of anilines is 1. The fraction of sp³-hybridized carbons (Fsp3) is 0.182. The Morgan fingerprint density at radius 2 is 1.48 bits per heavy atom. The zero-order chi connectivity index (χ0) is 15.6. The van der Waals surface area contributed by atoms with Crippen LogP contribution in [0.5, 0.6) is 0 Å². The molecule has 0 unspecified atom stereocenters. The Morgan fingerprint density at radius 1 is 1.00 bits per heavy atom. The van der Waals surface area contributed by atoms with Gasteiger partial charge in [-0.3, -0.25) is 9.59 Å². The van der Waals surface area contributed by atoms with Crippen molar-refractivity contribution >= 4 is 91.2 Å². The third-order valence-electron chi connectivity index (χ3n) is 2.28. The second kappa shape index (κ2) is 9.20. The molecular formula is C11H8I3N2NaO4. The molecule has 0 aliphatic carbocycles. The molecule has 0 saturated carbocycles. The molecule has 0 heterocycles. The molecule has 0 atom stereocenters. The third-order valence-corrected chi connectivity index (χ3v) is 5.51. The summed E-state index contributed by atoms with van der Waals surface area (Å²) in [6.45, 7) is 1.31. The van der Waals surface area contributed by atoms with Crippen molar-refractivity contribution in [3.63, 3.8) is 0 Å². The Kier molecular flexibility index (Phi) is 9.56. The summed E-state index contributed by atoms with van der Waals surface area (Å²) in [7, 11) is 1.45. The van der Waals surface area contributed by atoms with Crippen LogP contribution in [0.4, 0.5) is 5.69 Å². The minimum atomic E-state index is -1.40. The van der Waals surface area contributed by atoms with E-state index in [2.05, 4.69) is 10.6 Å². The summed E-state index contributed by atoms with van der Waals surface area (Å²) in [6, 6.07) is 0. The number of hydrogen-bond acceptors (Lipinski definition) is 4. The monoisotopic (exact) mass is 630 g/mol. The standard InChI is InChI=1S/C11H9I3N2O4.Na/c1-3(17)16-9-7(13)4(10(18)15-2)6(12)5(8(9)14)11(19)20;/h1-2H3,(H,15,18)(H,16,17)(H,19,20);/q;+1/p-1/i12-2,13-2,14-2;. The Bertz CT molecular complexity index is 622. The molecule has 1 aromatic carbocycles. The van der Waals surface area contributed by atoms with Gasteiger partial charge in [-0.2, -0.15) is 0 Å². The molecule has 0 radical (unpaired) electrons. The second-order valence-electron chi connectivity index (χ2n) is 3.61. The molecule has 2 N–H and O–H groups in total. The van der Waals surface area contributed by atoms with Gasteiger partial charge in [-0.15, -0.1) is 0 Å². The zero-order valence-corrected chi connectivity index (χ0v) is 19.7. The van der Waals surface area contributed by atoms with Gasteiger partial charge in [0.1, 0.15) is 0 Å². The smallest absolute Gasteiger partial charge is 0.545 e. The van der Waals surface area contributed by atoms with E-state index in [4.69, 9.17) is 0 Å². The van der Waals surface area contributed by atoms with Crippen LogP contribution in [0.2, 0.25) is 0 Å². The van der Waals surface area contributed by atoms with Gasteiger partial charge in [-0.05, 0) is 67.8 Å². The topological polar surface area (TPSA) is 98.3 Å². The van der Waals surface area contributed by atoms with Gasteiger partial charge in [0.2, 0.25) is 5.91 Å². The SMILES string of the molecule is CNC(=O)c1c([125I])c(NC(C)=O)c([125I])c(C(=O)[O-])c1[125I].[Na+]. The molecule has 1 rings (SSSR count). The predicted molar refractivity (Wildman–Crippen MR) is 96.6 cm³/mol. The molecular weight excluding hydrogens is 622 g/mol. The van der Waals surface area contributed by atoms with Crippen LogP contribution < -0.4 is 45.3 Å². The summed E-state index contributed by atoms with van der Waals surface area (Å²) >= 11 is 5.51. The molecule has 1 aromatic rings. The molecule has 0 bridgehead atoms. The minimum absolute atomic E-state index is 0. The van der Waals surface area contributed by atoms with Crippen LogP contribution in [0.15, 0.2) is 0 Å². The average molecular weight is 630 g/mol. The van der Waals surface area contributed by atoms with E-state index >= 15 is 0 Å². The van der Waals surface area contributed by atoms with E-state index in [1.165, 1.54) is 14.0 Å². The van der Waals surface area contributed by atoms with E-state index in [1.54, 1.807) is 22.6 Å². The number of aromatic carboxylic acids is 1. The van der Waals surface area contributed by atoms with Crippen LogP contribution in [0.1, 0.15) is 27.6 Å². The molecule has 21 heavy (non-hydrogen) atoms. The van der Waals surface area contributed by atoms with E-state index in [9.17, 15) is 19.5 Å². The van der Waals surface area contributed by atoms with Gasteiger partial charge in [-0.1, -0.05) is 0 Å². The number of benzene rings is 1. The number of carboxylic acids is 1. The molecule has 0 aliphatic rings. The Hall–Kier alpha value is 0.820. The van der Waals surface area contributed by atoms with Crippen LogP contribution in [-0.4, -0.2) is 24.8 Å². The van der Waals surface area contributed by atoms with Gasteiger partial charge < -0.3 is 20.5 Å². The number of carbonyl (C=O) groups is 3. The minimum Gasteiger partial charge on any atom is -0.545 e. The van der Waals surface area contributed by atoms with Gasteiger partial charge in [0.15, 0.2) is 0 Å². The van der Waals surface area contributed by atoms with Crippen LogP contribution in [0.3, 0.4) is 0 Å². The summed E-state index contributed by atoms with van der Waals surface area (Å²) in [5.74, 6) is -2.18. The summed E-state index contributed by atoms with van der Waals surface area (Å²) < 4.78 is 1.10. The maximum absolute atomic E-state index is 11.9. The fourth-order valence-corrected chi connectivity index (χ4v) is 5.82. The van der Waals surface area contributed by atoms with Crippen molar-refractivity contribution < 1.29 is 49.0 Å². The maximum Gasteiger partial charge on any atom is 1.00 e. The molecule has 0 saturated heterocycles. The van der Waals surface area contributed by atoms with E-state index in [0.717, 1.165) is 0 Å². The van der Waals surface area contributed by atoms with Crippen molar-refractivity contribution in [2.45, 2.75) is 6.92 Å². The van der Waals surface area contributed by atoms with Crippen molar-refractivity contribution in [1.29, 1.82) is 0 Å². The number of hydrogen-bond donors (Lipinski definition) is 2. The average Bonchev–Trinajstić information content (AvgIpc) is 2.33. The number of carbonyl (C=O) groups excluding carboxylic acids is 3. The molecule has 2 amide bonds. The third kappa shape index (κ3) is 4.89. The van der Waals surface area contributed by atoms with Crippen molar-refractivity contribution in [2.24, 2.45) is 0 Å². The van der Waals surface area contributed by atoms with Gasteiger partial charge in [0, 0.05) is 26.7 Å². The van der Waals surface area contributed by atoms with Gasteiger partial charge in [0.25, 0.3) is 5.91 Å². The van der Waals surface area contributed by atoms with Gasteiger partial charge >= 0.3 is 29.6 Å². The van der Waals surface area contributed by atoms with Crippen molar-refractivity contribution in [1.82, 2.24) is 5.32 Å². The number of nitrogens with one attached hydrogen (secondary N) is 2. The van der Waals surface area contributed by atoms with Crippen LogP contribution in [-0.2, 0) is 4.79 Å². The number of carboxylic acid groups (broad SMARTS) is 1. The van der Waals surface area contributed by atoms with Gasteiger partial charge in [0.05, 0.1) is 20.8 Å². The summed E-state index contributed by atoms with van der Waals surface area (Å²) in [5.41, 5.74) is 0.406. The number of rotatable bonds is 3. The predicted octanol–water partition coefficient (Wildman–Crippen LogP) is -1.81.